The van der Waals surface area contributed by atoms with E-state index in [0.29, 0.717) is 10.0 Å². The predicted octanol–water partition coefficient (Wildman–Crippen LogP) is 3.18. The molecule has 0 aliphatic heterocycles. The van der Waals surface area contributed by atoms with Gasteiger partial charge in [-0.1, -0.05) is 0 Å². The standard InChI is InChI=1S/C15H11F3OSe/c1-10-5-7-11(8-6-10)14(19)20-13-4-2-3-12(9-13)15(16,17)18/h2-9H,1H3. The van der Waals surface area contributed by atoms with E-state index in [1.165, 1.54) is 6.07 Å². The third-order valence-electron chi connectivity index (χ3n) is 2.66. The molecule has 0 amide bonds. The van der Waals surface area contributed by atoms with E-state index in [4.69, 9.17) is 0 Å². The first-order chi connectivity index (χ1) is 9.36. The summed E-state index contributed by atoms with van der Waals surface area (Å²) < 4.78 is 38.1. The molecule has 0 radical (unpaired) electrons. The van der Waals surface area contributed by atoms with Gasteiger partial charge in [-0.2, -0.15) is 0 Å². The second-order valence-corrected chi connectivity index (χ2v) is 6.48. The molecule has 2 rings (SSSR count). The molecule has 0 aromatic heterocycles. The van der Waals surface area contributed by atoms with Gasteiger partial charge in [0.05, 0.1) is 0 Å². The predicted molar refractivity (Wildman–Crippen MR) is 72.3 cm³/mol. The normalized spacial score (nSPS) is 11.4. The van der Waals surface area contributed by atoms with Crippen molar-refractivity contribution in [2.75, 3.05) is 0 Å². The van der Waals surface area contributed by atoms with Crippen LogP contribution in [0.15, 0.2) is 48.5 Å². The van der Waals surface area contributed by atoms with E-state index in [2.05, 4.69) is 0 Å². The Hall–Kier alpha value is -1.58. The van der Waals surface area contributed by atoms with Crippen LogP contribution in [0, 0.1) is 6.92 Å². The van der Waals surface area contributed by atoms with Gasteiger partial charge in [-0.05, 0) is 0 Å². The average Bonchev–Trinajstić information content (AvgIpc) is 2.38. The van der Waals surface area contributed by atoms with Crippen molar-refractivity contribution in [3.8, 4) is 0 Å². The zero-order chi connectivity index (χ0) is 14.8. The van der Waals surface area contributed by atoms with Gasteiger partial charge >= 0.3 is 120 Å². The number of hydrogen-bond donors (Lipinski definition) is 0. The zero-order valence-corrected chi connectivity index (χ0v) is 12.3. The molecule has 1 nitrogen and oxygen atoms in total. The monoisotopic (exact) mass is 344 g/mol. The molecule has 0 atom stereocenters. The Morgan fingerprint density at radius 3 is 2.30 bits per heavy atom. The molecule has 0 saturated heterocycles. The van der Waals surface area contributed by atoms with Gasteiger partial charge < -0.3 is 0 Å². The van der Waals surface area contributed by atoms with Crippen molar-refractivity contribution >= 4 is 24.1 Å². The quantitative estimate of drug-likeness (QED) is 0.783. The Morgan fingerprint density at radius 2 is 1.70 bits per heavy atom. The van der Waals surface area contributed by atoms with Crippen molar-refractivity contribution in [3.05, 3.63) is 65.2 Å². The van der Waals surface area contributed by atoms with Crippen molar-refractivity contribution < 1.29 is 18.0 Å². The van der Waals surface area contributed by atoms with E-state index in [-0.39, 0.29) is 4.68 Å². The van der Waals surface area contributed by atoms with Crippen LogP contribution in [-0.2, 0) is 6.18 Å². The second kappa shape index (κ2) is 5.81. The van der Waals surface area contributed by atoms with Crippen molar-refractivity contribution in [3.63, 3.8) is 0 Å². The Kier molecular flexibility index (Phi) is 4.31. The number of rotatable bonds is 3. The van der Waals surface area contributed by atoms with E-state index in [1.807, 2.05) is 19.1 Å². The fourth-order valence-corrected chi connectivity index (χ4v) is 3.27. The van der Waals surface area contributed by atoms with E-state index < -0.39 is 26.7 Å². The molecule has 5 heteroatoms. The van der Waals surface area contributed by atoms with Gasteiger partial charge in [0.1, 0.15) is 0 Å². The summed E-state index contributed by atoms with van der Waals surface area (Å²) in [5, 5.41) is 0. The van der Waals surface area contributed by atoms with Gasteiger partial charge in [-0.25, -0.2) is 0 Å². The van der Waals surface area contributed by atoms with Crippen LogP contribution in [0.1, 0.15) is 21.5 Å². The molecule has 2 aromatic carbocycles. The fourth-order valence-electron chi connectivity index (χ4n) is 1.59. The van der Waals surface area contributed by atoms with Crippen molar-refractivity contribution in [1.29, 1.82) is 0 Å². The summed E-state index contributed by atoms with van der Waals surface area (Å²) in [6.45, 7) is 1.91. The van der Waals surface area contributed by atoms with Gasteiger partial charge in [0.2, 0.25) is 0 Å². The molecule has 0 N–H and O–H groups in total. The van der Waals surface area contributed by atoms with E-state index >= 15 is 0 Å². The number of carbonyl (C=O) groups excluding carboxylic acids is 1. The van der Waals surface area contributed by atoms with Crippen LogP contribution in [-0.4, -0.2) is 19.6 Å². The van der Waals surface area contributed by atoms with E-state index in [9.17, 15) is 18.0 Å². The first-order valence-electron chi connectivity index (χ1n) is 5.82. The number of hydrogen-bond acceptors (Lipinski definition) is 1. The number of halogens is 3. The summed E-state index contributed by atoms with van der Waals surface area (Å²) in [5.41, 5.74) is 0.856. The summed E-state index contributed by atoms with van der Waals surface area (Å²) >= 11 is -0.656. The van der Waals surface area contributed by atoms with Crippen LogP contribution in [0.2, 0.25) is 0 Å². The molecule has 0 heterocycles. The Balaban J connectivity index is 2.18. The first-order valence-corrected chi connectivity index (χ1v) is 7.54. The average molecular weight is 343 g/mol. The van der Waals surface area contributed by atoms with Crippen molar-refractivity contribution in [1.82, 2.24) is 0 Å². The van der Waals surface area contributed by atoms with Gasteiger partial charge in [-0.15, -0.1) is 0 Å². The minimum atomic E-state index is -4.38. The molecule has 0 spiro atoms. The molecule has 20 heavy (non-hydrogen) atoms. The van der Waals surface area contributed by atoms with Gasteiger partial charge in [0.25, 0.3) is 0 Å². The number of carbonyl (C=O) groups is 1. The molecule has 0 fully saturated rings. The molecule has 2 aromatic rings. The van der Waals surface area contributed by atoms with E-state index in [0.717, 1.165) is 17.7 Å². The van der Waals surface area contributed by atoms with Crippen LogP contribution in [0.4, 0.5) is 13.2 Å². The van der Waals surface area contributed by atoms with Crippen LogP contribution in [0.5, 0.6) is 0 Å². The minimum absolute atomic E-state index is 0.128. The Morgan fingerprint density at radius 1 is 1.05 bits per heavy atom. The van der Waals surface area contributed by atoms with E-state index in [1.54, 1.807) is 18.2 Å². The molecule has 0 aliphatic rings. The molecular formula is C15H11F3OSe. The summed E-state index contributed by atoms with van der Waals surface area (Å²) in [6, 6.07) is 12.0. The second-order valence-electron chi connectivity index (χ2n) is 4.28. The Bertz CT molecular complexity index is 618. The summed E-state index contributed by atoms with van der Waals surface area (Å²) in [4.78, 5) is 12.0. The number of alkyl halides is 3. The van der Waals surface area contributed by atoms with Crippen LogP contribution < -0.4 is 4.46 Å². The van der Waals surface area contributed by atoms with Gasteiger partial charge in [0, 0.05) is 0 Å². The third kappa shape index (κ3) is 3.71. The van der Waals surface area contributed by atoms with Gasteiger partial charge in [-0.3, -0.25) is 0 Å². The van der Waals surface area contributed by atoms with Gasteiger partial charge in [0.15, 0.2) is 0 Å². The SMILES string of the molecule is Cc1ccc(C(=O)[Se]c2cccc(C(F)(F)F)c2)cc1. The zero-order valence-electron chi connectivity index (χ0n) is 10.6. The van der Waals surface area contributed by atoms with Crippen LogP contribution >= 0.6 is 0 Å². The molecule has 104 valence electrons. The molecular weight excluding hydrogens is 332 g/mol. The van der Waals surface area contributed by atoms with Crippen molar-refractivity contribution in [2.45, 2.75) is 13.1 Å². The maximum atomic E-state index is 12.6. The molecule has 0 bridgehead atoms. The van der Waals surface area contributed by atoms with Crippen LogP contribution in [0.25, 0.3) is 0 Å². The molecule has 0 saturated carbocycles. The van der Waals surface area contributed by atoms with Crippen molar-refractivity contribution in [2.24, 2.45) is 0 Å². The Labute approximate surface area is 121 Å². The number of aryl methyl sites for hydroxylation is 1. The fraction of sp³-hybridized carbons (Fsp3) is 0.133. The molecule has 0 aliphatic carbocycles. The molecule has 0 unspecified atom stereocenters. The first kappa shape index (κ1) is 14.8. The summed E-state index contributed by atoms with van der Waals surface area (Å²) in [6.07, 6.45) is -4.38. The maximum absolute atomic E-state index is 12.6. The third-order valence-corrected chi connectivity index (χ3v) is 4.57. The summed E-state index contributed by atoms with van der Waals surface area (Å²) in [7, 11) is 0. The number of benzene rings is 2. The topological polar surface area (TPSA) is 17.1 Å². The van der Waals surface area contributed by atoms with Crippen LogP contribution in [0.3, 0.4) is 0 Å². The summed E-state index contributed by atoms with van der Waals surface area (Å²) in [5.74, 6) is 0.